The second-order valence-electron chi connectivity index (χ2n) is 21.7. The number of likely N-dealkylation sites (tertiary alicyclic amines) is 4. The standard InChI is InChI=1S/C64H76F2N8O12/c1-41(67-5)59(75)69-55(61(77)71-31-29-51-57(71)53(83-37-47-21-25-49(65)26-22-47)35-73(51)63(79)85-39-45-17-11-9-12-18-45)43(3)81-33-15-7-8-16-34-82-44(4)56(70-60(76)42(2)68-6)62(78)72-32-30-52-58(72)54(84-38-48-23-27-50(66)28-24-48)36-74(52)64(80)86-40-46-19-13-10-14-20-46/h9-14,17-28,41-44,51-58,67-68H,29-40H2,1-6H3,(H,69,75)(H,70,76). The van der Waals surface area contributed by atoms with Crippen LogP contribution in [-0.4, -0.2) is 182 Å². The second kappa shape index (κ2) is 30.9. The van der Waals surface area contributed by atoms with Gasteiger partial charge in [0.05, 0.1) is 87.0 Å². The zero-order valence-electron chi connectivity index (χ0n) is 49.2. The summed E-state index contributed by atoms with van der Waals surface area (Å²) in [6.45, 7) is 7.20. The lowest BCUT2D eigenvalue weighted by Crippen LogP contribution is -2.59. The summed E-state index contributed by atoms with van der Waals surface area (Å²) >= 11 is 0. The van der Waals surface area contributed by atoms with Crippen molar-refractivity contribution in [3.8, 4) is 23.7 Å². The number of carbonyl (C=O) groups is 6. The van der Waals surface area contributed by atoms with Gasteiger partial charge in [0, 0.05) is 13.1 Å². The fraction of sp³-hybridized carbons (Fsp3) is 0.469. The molecule has 0 radical (unpaired) electrons. The number of nitrogens with one attached hydrogen (secondary N) is 4. The molecule has 4 saturated heterocycles. The normalized spacial score (nSPS) is 21.5. The van der Waals surface area contributed by atoms with E-state index in [0.717, 1.165) is 11.1 Å². The third-order valence-corrected chi connectivity index (χ3v) is 16.2. The van der Waals surface area contributed by atoms with E-state index < -0.39 is 120 Å². The number of hydrogen-bond donors (Lipinski definition) is 4. The summed E-state index contributed by atoms with van der Waals surface area (Å²) in [5, 5.41) is 11.5. The Morgan fingerprint density at radius 2 is 0.872 bits per heavy atom. The molecule has 4 aromatic rings. The van der Waals surface area contributed by atoms with Crippen LogP contribution in [0.25, 0.3) is 0 Å². The lowest BCUT2D eigenvalue weighted by Gasteiger charge is -2.34. The van der Waals surface area contributed by atoms with Crippen molar-refractivity contribution >= 4 is 35.8 Å². The van der Waals surface area contributed by atoms with E-state index >= 15 is 0 Å². The molecular weight excluding hydrogens is 1110 g/mol. The van der Waals surface area contributed by atoms with Crippen LogP contribution in [0.1, 0.15) is 62.8 Å². The van der Waals surface area contributed by atoms with Crippen LogP contribution in [0.15, 0.2) is 109 Å². The van der Waals surface area contributed by atoms with Crippen molar-refractivity contribution in [1.29, 1.82) is 0 Å². The minimum absolute atomic E-state index is 0.0480. The van der Waals surface area contributed by atoms with E-state index in [-0.39, 0.29) is 65.8 Å². The summed E-state index contributed by atoms with van der Waals surface area (Å²) in [6.07, 6.45) is -3.44. The molecule has 86 heavy (non-hydrogen) atoms. The number of hydrogen-bond acceptors (Lipinski definition) is 14. The Labute approximate surface area is 500 Å². The van der Waals surface area contributed by atoms with Gasteiger partial charge in [-0.25, -0.2) is 18.4 Å². The first-order chi connectivity index (χ1) is 41.5. The van der Waals surface area contributed by atoms with Gasteiger partial charge < -0.3 is 69.3 Å². The topological polar surface area (TPSA) is 219 Å². The molecule has 4 aromatic carbocycles. The number of ether oxygens (including phenoxy) is 6. The van der Waals surface area contributed by atoms with Gasteiger partial charge in [0.15, 0.2) is 0 Å². The first kappa shape index (κ1) is 64.0. The number of likely N-dealkylation sites (N-methyl/N-ethyl adjacent to an activating group) is 2. The van der Waals surface area contributed by atoms with Crippen molar-refractivity contribution in [2.24, 2.45) is 0 Å². The number of rotatable bonds is 24. The third kappa shape index (κ3) is 16.5. The Hall–Kier alpha value is -7.96. The molecule has 4 fully saturated rings. The monoisotopic (exact) mass is 1190 g/mol. The van der Waals surface area contributed by atoms with Gasteiger partial charge >= 0.3 is 12.2 Å². The highest BCUT2D eigenvalue weighted by atomic mass is 19.1. The zero-order valence-corrected chi connectivity index (χ0v) is 49.2. The van der Waals surface area contributed by atoms with Crippen LogP contribution in [0.2, 0.25) is 0 Å². The molecule has 4 heterocycles. The van der Waals surface area contributed by atoms with Gasteiger partial charge in [-0.3, -0.25) is 19.2 Å². The average Bonchev–Trinajstić information content (AvgIpc) is 1.80. The first-order valence-electron chi connectivity index (χ1n) is 29.0. The van der Waals surface area contributed by atoms with Crippen LogP contribution in [0.4, 0.5) is 18.4 Å². The van der Waals surface area contributed by atoms with Crippen molar-refractivity contribution < 1.29 is 66.0 Å². The van der Waals surface area contributed by atoms with Crippen molar-refractivity contribution in [2.45, 2.75) is 140 Å². The molecule has 0 aliphatic carbocycles. The van der Waals surface area contributed by atoms with Gasteiger partial charge in [0.1, 0.15) is 50.1 Å². The van der Waals surface area contributed by atoms with Crippen LogP contribution in [0, 0.1) is 35.3 Å². The molecule has 458 valence electrons. The fourth-order valence-electron chi connectivity index (χ4n) is 11.1. The molecule has 4 N–H and O–H groups in total. The second-order valence-corrected chi connectivity index (χ2v) is 21.7. The van der Waals surface area contributed by atoms with E-state index in [9.17, 15) is 37.5 Å². The molecule has 0 aromatic heterocycles. The predicted octanol–water partition coefficient (Wildman–Crippen LogP) is 4.68. The van der Waals surface area contributed by atoms with Crippen LogP contribution < -0.4 is 21.3 Å². The van der Waals surface area contributed by atoms with Gasteiger partial charge in [0.25, 0.3) is 0 Å². The van der Waals surface area contributed by atoms with E-state index in [2.05, 4.69) is 44.9 Å². The van der Waals surface area contributed by atoms with Crippen molar-refractivity contribution in [3.05, 3.63) is 143 Å². The van der Waals surface area contributed by atoms with E-state index in [1.807, 2.05) is 60.7 Å². The van der Waals surface area contributed by atoms with Crippen molar-refractivity contribution in [3.63, 3.8) is 0 Å². The summed E-state index contributed by atoms with van der Waals surface area (Å²) < 4.78 is 64.1. The molecule has 4 aliphatic rings. The Morgan fingerprint density at radius 3 is 1.23 bits per heavy atom. The molecule has 12 atom stereocenters. The number of carbonyl (C=O) groups excluding carboxylic acids is 6. The highest BCUT2D eigenvalue weighted by Crippen LogP contribution is 2.37. The van der Waals surface area contributed by atoms with E-state index in [1.54, 1.807) is 85.7 Å². The maximum atomic E-state index is 14.8. The van der Waals surface area contributed by atoms with Gasteiger partial charge in [0.2, 0.25) is 23.6 Å². The molecule has 0 spiro atoms. The maximum absolute atomic E-state index is 14.8. The number of benzene rings is 4. The smallest absolute Gasteiger partial charge is 0.410 e. The Kier molecular flexibility index (Phi) is 23.0. The largest absolute Gasteiger partial charge is 0.445 e. The SMILES string of the molecule is CNC(C)C(=O)NC(C(=O)N1CCC2C1C(OCc1ccc(F)cc1)CN2C(=O)OCc1ccccc1)C(C)OCC#CC#CCOC(C)C(NC(=O)C(C)NC)C(=O)N1CCC2C1C(OCc1ccc(F)cc1)CN2C(=O)OCc1ccccc1. The highest BCUT2D eigenvalue weighted by molar-refractivity contribution is 5.91. The first-order valence-corrected chi connectivity index (χ1v) is 29.0. The predicted molar refractivity (Wildman–Crippen MR) is 312 cm³/mol. The molecular formula is C64H76F2N8O12. The van der Waals surface area contributed by atoms with Crippen molar-refractivity contribution in [1.82, 2.24) is 40.9 Å². The number of nitrogens with zero attached hydrogens (tertiary/aromatic N) is 4. The molecule has 12 unspecified atom stereocenters. The van der Waals surface area contributed by atoms with Crippen LogP contribution in [-0.2, 0) is 74.0 Å². The Balaban J connectivity index is 0.910. The number of halogens is 2. The molecule has 8 rings (SSSR count). The van der Waals surface area contributed by atoms with Gasteiger partial charge in [-0.05, 0) is 113 Å². The average molecular weight is 1190 g/mol. The van der Waals surface area contributed by atoms with Crippen LogP contribution in [0.3, 0.4) is 0 Å². The summed E-state index contributed by atoms with van der Waals surface area (Å²) in [5.74, 6) is 8.52. The summed E-state index contributed by atoms with van der Waals surface area (Å²) in [5.41, 5.74) is 3.02. The molecule has 4 aliphatic heterocycles. The minimum atomic E-state index is -1.19. The molecule has 22 heteroatoms. The zero-order chi connectivity index (χ0) is 61.3. The quantitative estimate of drug-likeness (QED) is 0.0701. The van der Waals surface area contributed by atoms with Gasteiger partial charge in [-0.2, -0.15) is 0 Å². The number of amides is 6. The molecule has 0 bridgehead atoms. The minimum Gasteiger partial charge on any atom is -0.445 e. The summed E-state index contributed by atoms with van der Waals surface area (Å²) in [7, 11) is 3.24. The summed E-state index contributed by atoms with van der Waals surface area (Å²) in [6, 6.07) is 24.4. The summed E-state index contributed by atoms with van der Waals surface area (Å²) in [4.78, 5) is 90.4. The Bertz CT molecular complexity index is 2870. The lowest BCUT2D eigenvalue weighted by atomic mass is 10.1. The van der Waals surface area contributed by atoms with Gasteiger partial charge in [-0.1, -0.05) is 96.8 Å². The lowest BCUT2D eigenvalue weighted by molar-refractivity contribution is -0.143. The maximum Gasteiger partial charge on any atom is 0.410 e. The van der Waals surface area contributed by atoms with Gasteiger partial charge in [-0.15, -0.1) is 0 Å². The molecule has 0 saturated carbocycles. The van der Waals surface area contributed by atoms with Crippen LogP contribution in [0.5, 0.6) is 0 Å². The van der Waals surface area contributed by atoms with E-state index in [0.29, 0.717) is 24.0 Å². The van der Waals surface area contributed by atoms with E-state index in [4.69, 9.17) is 28.4 Å². The number of fused-ring (bicyclic) bond motifs is 2. The van der Waals surface area contributed by atoms with Crippen molar-refractivity contribution in [2.75, 3.05) is 53.5 Å². The van der Waals surface area contributed by atoms with Crippen LogP contribution >= 0.6 is 0 Å². The molecule has 6 amide bonds. The Morgan fingerprint density at radius 1 is 0.512 bits per heavy atom. The third-order valence-electron chi connectivity index (χ3n) is 16.2. The fourth-order valence-corrected chi connectivity index (χ4v) is 11.1. The highest BCUT2D eigenvalue weighted by Gasteiger charge is 2.56. The molecule has 20 nitrogen and oxygen atoms in total. The van der Waals surface area contributed by atoms with E-state index in [1.165, 1.54) is 24.3 Å².